The van der Waals surface area contributed by atoms with Gasteiger partial charge in [0.15, 0.2) is 0 Å². The van der Waals surface area contributed by atoms with Crippen LogP contribution in [0.3, 0.4) is 0 Å². The zero-order chi connectivity index (χ0) is 46.1. The first-order valence-corrected chi connectivity index (χ1v) is 23.2. The molecule has 0 spiro atoms. The number of hydrogen-bond acceptors (Lipinski definition) is 12. The molecule has 6 aromatic rings. The number of rotatable bonds is 15. The van der Waals surface area contributed by atoms with E-state index in [0.717, 1.165) is 80.0 Å². The molecule has 0 aliphatic carbocycles. The van der Waals surface area contributed by atoms with Gasteiger partial charge in [-0.15, -0.1) is 11.6 Å². The third-order valence-corrected chi connectivity index (χ3v) is 11.7. The number of nitrogens with one attached hydrogen (secondary N) is 3. The monoisotopic (exact) mass is 901 g/mol. The molecule has 0 unspecified atom stereocenters. The van der Waals surface area contributed by atoms with E-state index in [1.807, 2.05) is 76.2 Å². The minimum absolute atomic E-state index is 0.0562. The molecule has 15 heteroatoms. The smallest absolute Gasteiger partial charge is 0.240 e. The van der Waals surface area contributed by atoms with Crippen LogP contribution in [0, 0.1) is 11.8 Å². The number of hydrogen-bond donors (Lipinski definition) is 5. The van der Waals surface area contributed by atoms with Crippen LogP contribution in [0.25, 0.3) is 21.8 Å². The number of piperazine rings is 2. The number of nitrogens with two attached hydrogens (primary N) is 2. The van der Waals surface area contributed by atoms with Crippen molar-refractivity contribution in [3.63, 3.8) is 0 Å². The lowest BCUT2D eigenvalue weighted by Crippen LogP contribution is -2.45. The largest absolute Gasteiger partial charge is 0.368 e. The van der Waals surface area contributed by atoms with Crippen molar-refractivity contribution >= 4 is 56.9 Å². The number of anilines is 2. The van der Waals surface area contributed by atoms with Crippen LogP contribution in [0.15, 0.2) is 109 Å². The number of benzene rings is 4. The average Bonchev–Trinajstić information content (AvgIpc) is 3.31. The van der Waals surface area contributed by atoms with Crippen molar-refractivity contribution in [1.82, 2.24) is 40.0 Å². The fourth-order valence-corrected chi connectivity index (χ4v) is 8.00. The summed E-state index contributed by atoms with van der Waals surface area (Å²) in [6.07, 6.45) is 0. The Hall–Kier alpha value is -5.77. The lowest BCUT2D eigenvalue weighted by atomic mass is 10.0. The van der Waals surface area contributed by atoms with Gasteiger partial charge in [-0.2, -0.15) is 0 Å². The lowest BCUT2D eigenvalue weighted by Gasteiger charge is -2.34. The number of carbonyl (C=O) groups excluding carboxylic acids is 2. The zero-order valence-electron chi connectivity index (χ0n) is 38.2. The summed E-state index contributed by atoms with van der Waals surface area (Å²) in [6.45, 7) is 19.2. The fourth-order valence-electron chi connectivity index (χ4n) is 7.89. The summed E-state index contributed by atoms with van der Waals surface area (Å²) < 4.78 is 0. The average molecular weight is 902 g/mol. The van der Waals surface area contributed by atoms with Gasteiger partial charge in [-0.25, -0.2) is 19.9 Å². The van der Waals surface area contributed by atoms with E-state index < -0.39 is 18.0 Å². The van der Waals surface area contributed by atoms with Crippen LogP contribution >= 0.6 is 11.6 Å². The van der Waals surface area contributed by atoms with Crippen molar-refractivity contribution < 1.29 is 9.59 Å². The molecule has 0 radical (unpaired) electrons. The molecule has 8 rings (SSSR count). The van der Waals surface area contributed by atoms with Crippen molar-refractivity contribution in [2.45, 2.75) is 65.3 Å². The van der Waals surface area contributed by atoms with Gasteiger partial charge in [0.1, 0.15) is 35.4 Å². The van der Waals surface area contributed by atoms with Gasteiger partial charge in [-0.3, -0.25) is 24.3 Å². The molecule has 2 aromatic heterocycles. The standard InChI is InChI=1S/C25H32N6O.C14H17ClN4O.C11H16N2/c1-18(2)23(24(26)32)29-25-20-10-6-7-11-21(20)27-22(28-25)17-31-14-12-30(13-15-31)16-19-8-4-3-5-9-19;1-8(2)12(13(16)20)19-14-9-5-3-4-6-10(9)17-11(7-15)18-14;1-2-4-11(5-3-1)10-13-8-6-12-7-9-13/h3-11,18,23H,12-17H2,1-2H3,(H2,26,32)(H,27,28,29);3-6,8,12H,7H2,1-2H3,(H2,16,20)(H,17,18,19);1-5,12H,6-10H2/t23-;12-;/m00./s1. The van der Waals surface area contributed by atoms with Gasteiger partial charge < -0.3 is 27.4 Å². The third-order valence-electron chi connectivity index (χ3n) is 11.5. The highest BCUT2D eigenvalue weighted by Crippen LogP contribution is 2.24. The van der Waals surface area contributed by atoms with E-state index in [2.05, 4.69) is 101 Å². The fraction of sp³-hybridized carbons (Fsp3) is 0.400. The Bertz CT molecular complexity index is 2410. The highest BCUT2D eigenvalue weighted by molar-refractivity contribution is 6.16. The molecule has 14 nitrogen and oxygen atoms in total. The van der Waals surface area contributed by atoms with Gasteiger partial charge in [0.25, 0.3) is 0 Å². The van der Waals surface area contributed by atoms with Crippen LogP contribution in [-0.2, 0) is 35.1 Å². The predicted octanol–water partition coefficient (Wildman–Crippen LogP) is 6.25. The highest BCUT2D eigenvalue weighted by Gasteiger charge is 2.24. The summed E-state index contributed by atoms with van der Waals surface area (Å²) >= 11 is 5.82. The van der Waals surface area contributed by atoms with Crippen LogP contribution in [0.2, 0.25) is 0 Å². The van der Waals surface area contributed by atoms with E-state index in [4.69, 9.17) is 33.0 Å². The molecule has 2 saturated heterocycles. The van der Waals surface area contributed by atoms with Gasteiger partial charge >= 0.3 is 0 Å². The number of aromatic nitrogens is 4. The Kier molecular flexibility index (Phi) is 18.3. The van der Waals surface area contributed by atoms with Gasteiger partial charge in [0.2, 0.25) is 11.8 Å². The molecule has 2 aliphatic rings. The van der Waals surface area contributed by atoms with Crippen molar-refractivity contribution in [3.05, 3.63) is 132 Å². The normalized spacial score (nSPS) is 15.7. The summed E-state index contributed by atoms with van der Waals surface area (Å²) in [7, 11) is 0. The second-order valence-corrected chi connectivity index (χ2v) is 17.5. The maximum atomic E-state index is 11.9. The van der Waals surface area contributed by atoms with E-state index >= 15 is 0 Å². The van der Waals surface area contributed by atoms with E-state index in [1.54, 1.807) is 0 Å². The number of amides is 2. The minimum Gasteiger partial charge on any atom is -0.368 e. The second-order valence-electron chi connectivity index (χ2n) is 17.2. The molecular weight excluding hydrogens is 836 g/mol. The summed E-state index contributed by atoms with van der Waals surface area (Å²) in [6, 6.07) is 35.8. The first kappa shape index (κ1) is 48.7. The van der Waals surface area contributed by atoms with E-state index in [-0.39, 0.29) is 23.6 Å². The van der Waals surface area contributed by atoms with Crippen LogP contribution in [-0.4, -0.2) is 111 Å². The number of fused-ring (bicyclic) bond motifs is 2. The molecule has 4 heterocycles. The van der Waals surface area contributed by atoms with Crippen LogP contribution in [0.5, 0.6) is 0 Å². The van der Waals surface area contributed by atoms with Crippen molar-refractivity contribution in [2.24, 2.45) is 23.3 Å². The highest BCUT2D eigenvalue weighted by atomic mass is 35.5. The quantitative estimate of drug-likeness (QED) is 0.0732. The number of halogens is 1. The Balaban J connectivity index is 0.000000180. The molecule has 4 aromatic carbocycles. The van der Waals surface area contributed by atoms with Gasteiger partial charge in [0, 0.05) is 76.2 Å². The summed E-state index contributed by atoms with van der Waals surface area (Å²) in [5, 5.41) is 11.5. The Labute approximate surface area is 388 Å². The van der Waals surface area contributed by atoms with Crippen molar-refractivity contribution in [3.8, 4) is 0 Å². The second kappa shape index (κ2) is 24.5. The van der Waals surface area contributed by atoms with E-state index in [0.29, 0.717) is 24.0 Å². The predicted molar refractivity (Wildman–Crippen MR) is 263 cm³/mol. The number of primary amides is 2. The number of nitrogens with zero attached hydrogens (tertiary/aromatic N) is 7. The zero-order valence-corrected chi connectivity index (χ0v) is 38.9. The van der Waals surface area contributed by atoms with Crippen LogP contribution in [0.4, 0.5) is 11.6 Å². The Morgan fingerprint density at radius 1 is 0.554 bits per heavy atom. The SMILES string of the molecule is CC(C)[C@H](Nc1nc(CCl)nc2ccccc12)C(N)=O.CC(C)[C@H](Nc1nc(CN2CCN(Cc3ccccc3)CC2)nc2ccccc12)C(N)=O.c1ccc(CN2CCNCC2)cc1. The van der Waals surface area contributed by atoms with Gasteiger partial charge in [-0.1, -0.05) is 113 Å². The molecule has 2 aliphatic heterocycles. The molecule has 7 N–H and O–H groups in total. The van der Waals surface area contributed by atoms with Gasteiger partial charge in [-0.05, 0) is 47.2 Å². The van der Waals surface area contributed by atoms with Crippen LogP contribution in [0.1, 0.15) is 50.5 Å². The first-order chi connectivity index (χ1) is 31.5. The molecule has 344 valence electrons. The number of alkyl halides is 1. The third kappa shape index (κ3) is 14.6. The number of para-hydroxylation sites is 2. The Morgan fingerprint density at radius 2 is 0.938 bits per heavy atom. The summed E-state index contributed by atoms with van der Waals surface area (Å²) in [5.41, 5.74) is 15.5. The maximum absolute atomic E-state index is 11.9. The maximum Gasteiger partial charge on any atom is 0.240 e. The molecule has 65 heavy (non-hydrogen) atoms. The molecule has 0 saturated carbocycles. The molecule has 0 bridgehead atoms. The van der Waals surface area contributed by atoms with Gasteiger partial charge in [0.05, 0.1) is 23.5 Å². The summed E-state index contributed by atoms with van der Waals surface area (Å²) in [5.74, 6) is 2.07. The summed E-state index contributed by atoms with van der Waals surface area (Å²) in [4.78, 5) is 49.2. The van der Waals surface area contributed by atoms with E-state index in [1.165, 1.54) is 24.2 Å². The van der Waals surface area contributed by atoms with Crippen molar-refractivity contribution in [1.29, 1.82) is 0 Å². The lowest BCUT2D eigenvalue weighted by molar-refractivity contribution is -0.120. The first-order valence-electron chi connectivity index (χ1n) is 22.6. The topological polar surface area (TPSA) is 184 Å². The molecule has 2 amide bonds. The van der Waals surface area contributed by atoms with Crippen LogP contribution < -0.4 is 27.4 Å². The molecular formula is C50H65ClN12O2. The van der Waals surface area contributed by atoms with Crippen molar-refractivity contribution in [2.75, 3.05) is 63.0 Å². The minimum atomic E-state index is -0.489. The number of carbonyl (C=O) groups is 2. The molecule has 2 fully saturated rings. The molecule has 2 atom stereocenters. The van der Waals surface area contributed by atoms with E-state index in [9.17, 15) is 9.59 Å². The Morgan fingerprint density at radius 3 is 1.37 bits per heavy atom.